The SMILES string of the molecule is CC(C(=O)Nc1ccc(NC(=O)C2(N)CCCCC2)cc1)n1cncn1. The van der Waals surface area contributed by atoms with Crippen LogP contribution in [0.4, 0.5) is 11.4 Å². The van der Waals surface area contributed by atoms with E-state index in [0.29, 0.717) is 24.2 Å². The Kier molecular flexibility index (Phi) is 5.32. The van der Waals surface area contributed by atoms with Crippen molar-refractivity contribution in [3.63, 3.8) is 0 Å². The minimum absolute atomic E-state index is 0.145. The van der Waals surface area contributed by atoms with Gasteiger partial charge in [0.1, 0.15) is 18.7 Å². The fraction of sp³-hybridized carbons (Fsp3) is 0.444. The number of nitrogens with two attached hydrogens (primary N) is 1. The number of amides is 2. The van der Waals surface area contributed by atoms with E-state index in [1.54, 1.807) is 31.2 Å². The Labute approximate surface area is 152 Å². The molecule has 8 heteroatoms. The third kappa shape index (κ3) is 4.08. The molecule has 1 aromatic carbocycles. The molecule has 1 atom stereocenters. The van der Waals surface area contributed by atoms with Crippen molar-refractivity contribution in [2.75, 3.05) is 10.6 Å². The quantitative estimate of drug-likeness (QED) is 0.759. The second-order valence-electron chi connectivity index (χ2n) is 6.79. The van der Waals surface area contributed by atoms with E-state index in [2.05, 4.69) is 20.7 Å². The standard InChI is InChI=1S/C18H24N6O2/c1-13(24-12-20-11-21-24)16(25)22-14-5-7-15(8-6-14)23-17(26)18(19)9-3-2-4-10-18/h5-8,11-13H,2-4,9-10,19H2,1H3,(H,22,25)(H,23,26). The van der Waals surface area contributed by atoms with E-state index < -0.39 is 11.6 Å². The van der Waals surface area contributed by atoms with Crippen LogP contribution in [0.1, 0.15) is 45.1 Å². The highest BCUT2D eigenvalue weighted by Gasteiger charge is 2.35. The van der Waals surface area contributed by atoms with E-state index in [4.69, 9.17) is 5.73 Å². The van der Waals surface area contributed by atoms with Gasteiger partial charge < -0.3 is 16.4 Å². The van der Waals surface area contributed by atoms with Crippen molar-refractivity contribution in [2.45, 2.75) is 50.6 Å². The molecule has 0 radical (unpaired) electrons. The topological polar surface area (TPSA) is 115 Å². The smallest absolute Gasteiger partial charge is 0.249 e. The average molecular weight is 356 g/mol. The molecule has 1 aliphatic rings. The molecule has 1 aromatic heterocycles. The number of nitrogens with one attached hydrogen (secondary N) is 2. The lowest BCUT2D eigenvalue weighted by Crippen LogP contribution is -2.52. The lowest BCUT2D eigenvalue weighted by molar-refractivity contribution is -0.122. The Morgan fingerprint density at radius 2 is 1.73 bits per heavy atom. The van der Waals surface area contributed by atoms with Crippen molar-refractivity contribution in [3.05, 3.63) is 36.9 Å². The van der Waals surface area contributed by atoms with E-state index in [9.17, 15) is 9.59 Å². The summed E-state index contributed by atoms with van der Waals surface area (Å²) in [5, 5.41) is 9.66. The van der Waals surface area contributed by atoms with Crippen LogP contribution < -0.4 is 16.4 Å². The van der Waals surface area contributed by atoms with Crippen molar-refractivity contribution < 1.29 is 9.59 Å². The minimum Gasteiger partial charge on any atom is -0.324 e. The molecule has 0 aliphatic heterocycles. The number of carbonyl (C=O) groups excluding carboxylic acids is 2. The van der Waals surface area contributed by atoms with Gasteiger partial charge in [-0.05, 0) is 44.0 Å². The van der Waals surface area contributed by atoms with Crippen LogP contribution in [0, 0.1) is 0 Å². The molecule has 2 amide bonds. The van der Waals surface area contributed by atoms with E-state index in [1.165, 1.54) is 17.3 Å². The van der Waals surface area contributed by atoms with Crippen LogP contribution in [0.2, 0.25) is 0 Å². The Hall–Kier alpha value is -2.74. The van der Waals surface area contributed by atoms with Gasteiger partial charge in [-0.2, -0.15) is 5.10 Å². The molecule has 8 nitrogen and oxygen atoms in total. The van der Waals surface area contributed by atoms with E-state index >= 15 is 0 Å². The average Bonchev–Trinajstić information content (AvgIpc) is 3.18. The largest absolute Gasteiger partial charge is 0.324 e. The Morgan fingerprint density at radius 1 is 1.12 bits per heavy atom. The van der Waals surface area contributed by atoms with Crippen molar-refractivity contribution in [3.8, 4) is 0 Å². The van der Waals surface area contributed by atoms with Crippen LogP contribution in [-0.2, 0) is 9.59 Å². The third-order valence-electron chi connectivity index (χ3n) is 4.82. The number of aromatic nitrogens is 3. The van der Waals surface area contributed by atoms with Crippen molar-refractivity contribution in [1.82, 2.24) is 14.8 Å². The molecule has 0 bridgehead atoms. The zero-order valence-corrected chi connectivity index (χ0v) is 14.8. The van der Waals surface area contributed by atoms with Crippen LogP contribution >= 0.6 is 0 Å². The number of nitrogens with zero attached hydrogens (tertiary/aromatic N) is 3. The first-order chi connectivity index (χ1) is 12.5. The molecule has 138 valence electrons. The fourth-order valence-corrected chi connectivity index (χ4v) is 3.09. The molecular formula is C18H24N6O2. The molecule has 3 rings (SSSR count). The van der Waals surface area contributed by atoms with Crippen LogP contribution in [0.25, 0.3) is 0 Å². The maximum absolute atomic E-state index is 12.5. The molecular weight excluding hydrogens is 332 g/mol. The molecule has 0 saturated heterocycles. The molecule has 1 saturated carbocycles. The van der Waals surface area contributed by atoms with Gasteiger partial charge in [0.25, 0.3) is 0 Å². The van der Waals surface area contributed by atoms with Crippen molar-refractivity contribution in [2.24, 2.45) is 5.73 Å². The van der Waals surface area contributed by atoms with E-state index in [0.717, 1.165) is 19.3 Å². The predicted octanol–water partition coefficient (Wildman–Crippen LogP) is 2.08. The van der Waals surface area contributed by atoms with Crippen LogP contribution in [-0.4, -0.2) is 32.1 Å². The van der Waals surface area contributed by atoms with Gasteiger partial charge >= 0.3 is 0 Å². The minimum atomic E-state index is -0.779. The summed E-state index contributed by atoms with van der Waals surface area (Å²) in [4.78, 5) is 28.5. The Balaban J connectivity index is 1.58. The molecule has 1 heterocycles. The highest BCUT2D eigenvalue weighted by Crippen LogP contribution is 2.27. The van der Waals surface area contributed by atoms with Gasteiger partial charge in [0.2, 0.25) is 11.8 Å². The molecule has 0 spiro atoms. The second-order valence-corrected chi connectivity index (χ2v) is 6.79. The number of hydrogen-bond acceptors (Lipinski definition) is 5. The highest BCUT2D eigenvalue weighted by molar-refractivity contribution is 5.98. The molecule has 26 heavy (non-hydrogen) atoms. The van der Waals surface area contributed by atoms with Crippen LogP contribution in [0.5, 0.6) is 0 Å². The van der Waals surface area contributed by atoms with Gasteiger partial charge in [0.15, 0.2) is 0 Å². The summed E-state index contributed by atoms with van der Waals surface area (Å²) in [5.74, 6) is -0.343. The summed E-state index contributed by atoms with van der Waals surface area (Å²) in [7, 11) is 0. The Morgan fingerprint density at radius 3 is 2.31 bits per heavy atom. The molecule has 1 fully saturated rings. The van der Waals surface area contributed by atoms with Crippen LogP contribution in [0.3, 0.4) is 0 Å². The summed E-state index contributed by atoms with van der Waals surface area (Å²) in [6, 6.07) is 6.51. The zero-order valence-electron chi connectivity index (χ0n) is 14.8. The Bertz CT molecular complexity index is 750. The first-order valence-electron chi connectivity index (χ1n) is 8.83. The van der Waals surface area contributed by atoms with E-state index in [1.807, 2.05) is 0 Å². The van der Waals surface area contributed by atoms with Crippen molar-refractivity contribution in [1.29, 1.82) is 0 Å². The third-order valence-corrected chi connectivity index (χ3v) is 4.82. The van der Waals surface area contributed by atoms with Gasteiger partial charge in [-0.1, -0.05) is 19.3 Å². The lowest BCUT2D eigenvalue weighted by atomic mass is 9.82. The first kappa shape index (κ1) is 18.1. The summed E-state index contributed by atoms with van der Waals surface area (Å²) < 4.78 is 1.48. The first-order valence-corrected chi connectivity index (χ1v) is 8.83. The fourth-order valence-electron chi connectivity index (χ4n) is 3.09. The van der Waals surface area contributed by atoms with Gasteiger partial charge in [0, 0.05) is 11.4 Å². The molecule has 2 aromatic rings. The van der Waals surface area contributed by atoms with Crippen LogP contribution in [0.15, 0.2) is 36.9 Å². The zero-order chi connectivity index (χ0) is 18.6. The van der Waals surface area contributed by atoms with Gasteiger partial charge in [-0.25, -0.2) is 9.67 Å². The lowest BCUT2D eigenvalue weighted by Gasteiger charge is -2.31. The number of carbonyl (C=O) groups is 2. The molecule has 1 unspecified atom stereocenters. The monoisotopic (exact) mass is 356 g/mol. The summed E-state index contributed by atoms with van der Waals surface area (Å²) in [5.41, 5.74) is 6.76. The van der Waals surface area contributed by atoms with Crippen molar-refractivity contribution >= 4 is 23.2 Å². The molecule has 4 N–H and O–H groups in total. The normalized spacial score (nSPS) is 17.3. The number of hydrogen-bond donors (Lipinski definition) is 3. The summed E-state index contributed by atoms with van der Waals surface area (Å²) in [6.07, 6.45) is 7.42. The maximum Gasteiger partial charge on any atom is 0.249 e. The van der Waals surface area contributed by atoms with E-state index in [-0.39, 0.29) is 11.8 Å². The number of benzene rings is 1. The summed E-state index contributed by atoms with van der Waals surface area (Å²) in [6.45, 7) is 1.74. The summed E-state index contributed by atoms with van der Waals surface area (Å²) >= 11 is 0. The maximum atomic E-state index is 12.5. The molecule has 1 aliphatic carbocycles. The highest BCUT2D eigenvalue weighted by atomic mass is 16.2. The van der Waals surface area contributed by atoms with Gasteiger partial charge in [0.05, 0.1) is 5.54 Å². The van der Waals surface area contributed by atoms with Gasteiger partial charge in [-0.3, -0.25) is 9.59 Å². The second kappa shape index (κ2) is 7.65. The number of rotatable bonds is 5. The predicted molar refractivity (Wildman–Crippen MR) is 98.4 cm³/mol. The van der Waals surface area contributed by atoms with Gasteiger partial charge in [-0.15, -0.1) is 0 Å². The number of anilines is 2.